The summed E-state index contributed by atoms with van der Waals surface area (Å²) in [6.45, 7) is 11.8. The highest BCUT2D eigenvalue weighted by Crippen LogP contribution is 2.27. The van der Waals surface area contributed by atoms with E-state index in [-0.39, 0.29) is 24.9 Å². The molecule has 0 unspecified atom stereocenters. The van der Waals surface area contributed by atoms with Gasteiger partial charge in [-0.15, -0.1) is 0 Å². The molecule has 2 aromatic rings. The number of benzene rings is 2. The number of nitrogens with one attached hydrogen (secondary N) is 1. The average Bonchev–Trinajstić information content (AvgIpc) is 2.77. The largest absolute Gasteiger partial charge is 0.354 e. The zero-order chi connectivity index (χ0) is 26.3. The Morgan fingerprint density at radius 1 is 0.971 bits per heavy atom. The minimum Gasteiger partial charge on any atom is -0.354 e. The summed E-state index contributed by atoms with van der Waals surface area (Å²) < 4.78 is 26.8. The summed E-state index contributed by atoms with van der Waals surface area (Å²) in [6.07, 6.45) is 1.51. The zero-order valence-corrected chi connectivity index (χ0v) is 22.8. The minimum atomic E-state index is -3.76. The van der Waals surface area contributed by atoms with Crippen LogP contribution in [0.3, 0.4) is 0 Å². The quantitative estimate of drug-likeness (QED) is 0.505. The molecule has 35 heavy (non-hydrogen) atoms. The summed E-state index contributed by atoms with van der Waals surface area (Å²) in [6, 6.07) is 12.5. The van der Waals surface area contributed by atoms with E-state index in [0.717, 1.165) is 32.8 Å². The number of rotatable bonds is 11. The fourth-order valence-electron chi connectivity index (χ4n) is 4.01. The molecule has 0 heterocycles. The van der Waals surface area contributed by atoms with Crippen molar-refractivity contribution >= 4 is 27.5 Å². The number of aryl methyl sites for hydroxylation is 3. The highest BCUT2D eigenvalue weighted by molar-refractivity contribution is 7.92. The third-order valence-electron chi connectivity index (χ3n) is 5.91. The molecule has 0 aliphatic heterocycles. The van der Waals surface area contributed by atoms with Crippen LogP contribution in [0.5, 0.6) is 0 Å². The fraction of sp³-hybridized carbons (Fsp3) is 0.481. The van der Waals surface area contributed by atoms with E-state index in [1.165, 1.54) is 4.90 Å². The lowest BCUT2D eigenvalue weighted by Crippen LogP contribution is -2.52. The standard InChI is InChI=1S/C27H39N3O4S/c1-8-24(27(32)28-16-19(2)3)29(17-23-14-12-20(4)13-15-23)25(31)18-30(35(7,33)34)26-21(5)10-9-11-22(26)6/h9-15,19,24H,8,16-18H2,1-7H3,(H,28,32)/t24-/m1/s1. The van der Waals surface area contributed by atoms with Crippen molar-refractivity contribution in [1.29, 1.82) is 0 Å². The molecule has 0 saturated carbocycles. The van der Waals surface area contributed by atoms with Gasteiger partial charge in [-0.2, -0.15) is 0 Å². The van der Waals surface area contributed by atoms with Gasteiger partial charge in [0.2, 0.25) is 21.8 Å². The van der Waals surface area contributed by atoms with Crippen LogP contribution < -0.4 is 9.62 Å². The van der Waals surface area contributed by atoms with Gasteiger partial charge < -0.3 is 10.2 Å². The van der Waals surface area contributed by atoms with Crippen LogP contribution in [0, 0.1) is 26.7 Å². The Labute approximate surface area is 210 Å². The molecule has 0 aromatic heterocycles. The van der Waals surface area contributed by atoms with E-state index < -0.39 is 22.0 Å². The maximum Gasteiger partial charge on any atom is 0.244 e. The van der Waals surface area contributed by atoms with Crippen molar-refractivity contribution in [2.24, 2.45) is 5.92 Å². The second-order valence-corrected chi connectivity index (χ2v) is 11.5. The lowest BCUT2D eigenvalue weighted by Gasteiger charge is -2.33. The first-order chi connectivity index (χ1) is 16.3. The van der Waals surface area contributed by atoms with Gasteiger partial charge in [0.05, 0.1) is 11.9 Å². The van der Waals surface area contributed by atoms with Crippen molar-refractivity contribution in [3.05, 3.63) is 64.7 Å². The van der Waals surface area contributed by atoms with E-state index in [1.54, 1.807) is 0 Å². The summed E-state index contributed by atoms with van der Waals surface area (Å²) in [4.78, 5) is 28.3. The van der Waals surface area contributed by atoms with Crippen LogP contribution in [0.1, 0.15) is 49.4 Å². The maximum atomic E-state index is 13.8. The third-order valence-corrected chi connectivity index (χ3v) is 7.02. The van der Waals surface area contributed by atoms with Gasteiger partial charge in [-0.05, 0) is 49.8 Å². The SMILES string of the molecule is CC[C@H](C(=O)NCC(C)C)N(Cc1ccc(C)cc1)C(=O)CN(c1c(C)cccc1C)S(C)(=O)=O. The molecule has 0 bridgehead atoms. The average molecular weight is 502 g/mol. The van der Waals surface area contributed by atoms with Gasteiger partial charge in [-0.25, -0.2) is 8.42 Å². The van der Waals surface area contributed by atoms with Crippen LogP contribution in [0.15, 0.2) is 42.5 Å². The molecule has 192 valence electrons. The molecule has 2 rings (SSSR count). The normalized spacial score (nSPS) is 12.3. The van der Waals surface area contributed by atoms with E-state index in [9.17, 15) is 18.0 Å². The molecule has 2 aromatic carbocycles. The predicted molar refractivity (Wildman–Crippen MR) is 142 cm³/mol. The van der Waals surface area contributed by atoms with E-state index in [4.69, 9.17) is 0 Å². The Morgan fingerprint density at radius 2 is 1.54 bits per heavy atom. The summed E-state index contributed by atoms with van der Waals surface area (Å²) in [5.41, 5.74) is 3.98. The van der Waals surface area contributed by atoms with Gasteiger partial charge in [0.25, 0.3) is 0 Å². The van der Waals surface area contributed by atoms with Crippen molar-refractivity contribution < 1.29 is 18.0 Å². The van der Waals surface area contributed by atoms with E-state index in [1.807, 2.05) is 84.0 Å². The molecule has 0 aliphatic carbocycles. The smallest absolute Gasteiger partial charge is 0.244 e. The van der Waals surface area contributed by atoms with Gasteiger partial charge in [-0.1, -0.05) is 68.8 Å². The molecular weight excluding hydrogens is 462 g/mol. The Balaban J connectivity index is 2.47. The Bertz CT molecular complexity index is 1110. The van der Waals surface area contributed by atoms with Crippen LogP contribution in [-0.4, -0.2) is 50.5 Å². The maximum absolute atomic E-state index is 13.8. The Morgan fingerprint density at radius 3 is 2.03 bits per heavy atom. The van der Waals surface area contributed by atoms with E-state index in [2.05, 4.69) is 5.32 Å². The third kappa shape index (κ3) is 7.82. The van der Waals surface area contributed by atoms with Crippen LogP contribution >= 0.6 is 0 Å². The number of hydrogen-bond donors (Lipinski definition) is 1. The second-order valence-electron chi connectivity index (χ2n) is 9.58. The van der Waals surface area contributed by atoms with Crippen molar-refractivity contribution in [3.63, 3.8) is 0 Å². The van der Waals surface area contributed by atoms with Gasteiger partial charge in [0.15, 0.2) is 0 Å². The number of carbonyl (C=O) groups excluding carboxylic acids is 2. The highest BCUT2D eigenvalue weighted by atomic mass is 32.2. The number of hydrogen-bond acceptors (Lipinski definition) is 4. The molecular formula is C27H39N3O4S. The van der Waals surface area contributed by atoms with Gasteiger partial charge in [-0.3, -0.25) is 13.9 Å². The molecule has 1 atom stereocenters. The van der Waals surface area contributed by atoms with Crippen molar-refractivity contribution in [2.75, 3.05) is 23.7 Å². The monoisotopic (exact) mass is 501 g/mol. The Kier molecular flexibility index (Phi) is 9.89. The minimum absolute atomic E-state index is 0.205. The van der Waals surface area contributed by atoms with E-state index >= 15 is 0 Å². The number of anilines is 1. The number of para-hydroxylation sites is 1. The molecule has 7 nitrogen and oxygen atoms in total. The molecule has 2 amide bonds. The molecule has 0 radical (unpaired) electrons. The van der Waals surface area contributed by atoms with Crippen LogP contribution in [0.2, 0.25) is 0 Å². The molecule has 0 fully saturated rings. The van der Waals surface area contributed by atoms with Crippen LogP contribution in [0.4, 0.5) is 5.69 Å². The van der Waals surface area contributed by atoms with Gasteiger partial charge in [0, 0.05) is 13.1 Å². The molecule has 0 spiro atoms. The predicted octanol–water partition coefficient (Wildman–Crippen LogP) is 3.96. The number of nitrogens with zero attached hydrogens (tertiary/aromatic N) is 2. The summed E-state index contributed by atoms with van der Waals surface area (Å²) in [7, 11) is -3.76. The molecule has 0 aliphatic rings. The number of amides is 2. The topological polar surface area (TPSA) is 86.8 Å². The van der Waals surface area contributed by atoms with E-state index in [0.29, 0.717) is 18.7 Å². The fourth-order valence-corrected chi connectivity index (χ4v) is 4.97. The van der Waals surface area contributed by atoms with Crippen LogP contribution in [-0.2, 0) is 26.2 Å². The first-order valence-corrected chi connectivity index (χ1v) is 13.9. The lowest BCUT2D eigenvalue weighted by molar-refractivity contribution is -0.140. The van der Waals surface area contributed by atoms with Crippen molar-refractivity contribution in [1.82, 2.24) is 10.2 Å². The number of sulfonamides is 1. The van der Waals surface area contributed by atoms with Crippen molar-refractivity contribution in [3.8, 4) is 0 Å². The van der Waals surface area contributed by atoms with Crippen molar-refractivity contribution in [2.45, 2.75) is 60.5 Å². The number of carbonyl (C=O) groups is 2. The highest BCUT2D eigenvalue weighted by Gasteiger charge is 2.32. The molecule has 8 heteroatoms. The molecule has 1 N–H and O–H groups in total. The van der Waals surface area contributed by atoms with Gasteiger partial charge >= 0.3 is 0 Å². The summed E-state index contributed by atoms with van der Waals surface area (Å²) in [5, 5.41) is 2.93. The van der Waals surface area contributed by atoms with Crippen LogP contribution in [0.25, 0.3) is 0 Å². The Hall–Kier alpha value is -2.87. The summed E-state index contributed by atoms with van der Waals surface area (Å²) >= 11 is 0. The lowest BCUT2D eigenvalue weighted by atomic mass is 10.1. The zero-order valence-electron chi connectivity index (χ0n) is 22.0. The summed E-state index contributed by atoms with van der Waals surface area (Å²) in [5.74, 6) is -0.396. The molecule has 0 saturated heterocycles. The second kappa shape index (κ2) is 12.2. The first kappa shape index (κ1) is 28.4. The first-order valence-electron chi connectivity index (χ1n) is 12.0. The van der Waals surface area contributed by atoms with Gasteiger partial charge in [0.1, 0.15) is 12.6 Å².